The molecule has 0 unspecified atom stereocenters. The van der Waals surface area contributed by atoms with E-state index in [0.29, 0.717) is 6.42 Å². The van der Waals surface area contributed by atoms with Crippen LogP contribution in [-0.2, 0) is 14.8 Å². The predicted octanol–water partition coefficient (Wildman–Crippen LogP) is 1.58. The summed E-state index contributed by atoms with van der Waals surface area (Å²) < 4.78 is 24.9. The molecule has 88 valence electrons. The fraction of sp³-hybridized carbons (Fsp3) is 0.364. The number of allylic oxidation sites excluding steroid dienone is 3. The normalized spacial score (nSPS) is 15.4. The number of sulfonamides is 1. The van der Waals surface area contributed by atoms with Crippen molar-refractivity contribution in [2.45, 2.75) is 19.8 Å². The van der Waals surface area contributed by atoms with E-state index in [-0.39, 0.29) is 11.4 Å². The Hall–Kier alpha value is -1.36. The van der Waals surface area contributed by atoms with Crippen LogP contribution < -0.4 is 0 Å². The first-order valence-corrected chi connectivity index (χ1v) is 6.45. The van der Waals surface area contributed by atoms with Gasteiger partial charge in [-0.05, 0) is 18.9 Å². The fourth-order valence-electron chi connectivity index (χ4n) is 1.42. The van der Waals surface area contributed by atoms with Gasteiger partial charge >= 0.3 is 0 Å². The SMILES string of the molecule is C=CCN(C(C)=O)S(=O)(=O)C1=CCCC=C1. The molecule has 0 heterocycles. The summed E-state index contributed by atoms with van der Waals surface area (Å²) in [7, 11) is -3.70. The first-order chi connectivity index (χ1) is 7.50. The van der Waals surface area contributed by atoms with E-state index in [2.05, 4.69) is 6.58 Å². The highest BCUT2D eigenvalue weighted by Crippen LogP contribution is 2.19. The van der Waals surface area contributed by atoms with Gasteiger partial charge in [0, 0.05) is 6.92 Å². The molecule has 0 saturated heterocycles. The Morgan fingerprint density at radius 1 is 1.56 bits per heavy atom. The average Bonchev–Trinajstić information content (AvgIpc) is 2.26. The maximum Gasteiger partial charge on any atom is 0.266 e. The van der Waals surface area contributed by atoms with Crippen LogP contribution in [-0.4, -0.2) is 25.2 Å². The molecule has 0 aromatic heterocycles. The molecule has 1 amide bonds. The fourth-order valence-corrected chi connectivity index (χ4v) is 2.91. The monoisotopic (exact) mass is 241 g/mol. The first kappa shape index (κ1) is 12.7. The van der Waals surface area contributed by atoms with Crippen LogP contribution in [0.3, 0.4) is 0 Å². The number of hydrogen-bond acceptors (Lipinski definition) is 3. The van der Waals surface area contributed by atoms with Crippen molar-refractivity contribution in [2.75, 3.05) is 6.54 Å². The van der Waals surface area contributed by atoms with Gasteiger partial charge in [-0.1, -0.05) is 18.2 Å². The van der Waals surface area contributed by atoms with Crippen LogP contribution in [0.15, 0.2) is 35.8 Å². The van der Waals surface area contributed by atoms with E-state index in [4.69, 9.17) is 0 Å². The highest BCUT2D eigenvalue weighted by atomic mass is 32.2. The average molecular weight is 241 g/mol. The third kappa shape index (κ3) is 2.61. The van der Waals surface area contributed by atoms with Gasteiger partial charge in [-0.2, -0.15) is 0 Å². The molecule has 0 fully saturated rings. The molecule has 4 nitrogen and oxygen atoms in total. The van der Waals surface area contributed by atoms with Gasteiger partial charge in [0.25, 0.3) is 10.0 Å². The molecule has 0 spiro atoms. The lowest BCUT2D eigenvalue weighted by Gasteiger charge is -2.20. The molecule has 1 aliphatic carbocycles. The lowest BCUT2D eigenvalue weighted by molar-refractivity contribution is -0.123. The smallest absolute Gasteiger partial charge is 0.266 e. The van der Waals surface area contributed by atoms with E-state index in [0.717, 1.165) is 10.7 Å². The lowest BCUT2D eigenvalue weighted by Crippen LogP contribution is -2.35. The van der Waals surface area contributed by atoms with Gasteiger partial charge in [0.05, 0.1) is 11.4 Å². The molecule has 0 atom stereocenters. The Morgan fingerprint density at radius 3 is 2.69 bits per heavy atom. The molecule has 0 radical (unpaired) electrons. The minimum Gasteiger partial charge on any atom is -0.274 e. The van der Waals surface area contributed by atoms with E-state index in [1.165, 1.54) is 19.1 Å². The van der Waals surface area contributed by atoms with Crippen LogP contribution in [0.4, 0.5) is 0 Å². The van der Waals surface area contributed by atoms with Gasteiger partial charge in [0.1, 0.15) is 0 Å². The quantitative estimate of drug-likeness (QED) is 0.702. The minimum absolute atomic E-state index is 0.00282. The second kappa shape index (κ2) is 5.12. The van der Waals surface area contributed by atoms with Crippen LogP contribution in [0.25, 0.3) is 0 Å². The summed E-state index contributed by atoms with van der Waals surface area (Å²) >= 11 is 0. The second-order valence-electron chi connectivity index (χ2n) is 3.43. The topological polar surface area (TPSA) is 54.5 Å². The highest BCUT2D eigenvalue weighted by Gasteiger charge is 2.26. The molecule has 0 bridgehead atoms. The van der Waals surface area contributed by atoms with E-state index in [9.17, 15) is 13.2 Å². The van der Waals surface area contributed by atoms with Crippen LogP contribution in [0.2, 0.25) is 0 Å². The third-order valence-corrected chi connectivity index (χ3v) is 4.08. The van der Waals surface area contributed by atoms with Gasteiger partial charge in [-0.25, -0.2) is 12.7 Å². The van der Waals surface area contributed by atoms with Crippen molar-refractivity contribution in [3.63, 3.8) is 0 Å². The molecular formula is C11H15NO3S. The van der Waals surface area contributed by atoms with E-state index >= 15 is 0 Å². The highest BCUT2D eigenvalue weighted by molar-refractivity contribution is 7.93. The maximum atomic E-state index is 12.1. The summed E-state index contributed by atoms with van der Waals surface area (Å²) in [5.41, 5.74) is 0. The zero-order chi connectivity index (χ0) is 12.2. The number of hydrogen-bond donors (Lipinski definition) is 0. The van der Waals surface area contributed by atoms with Crippen LogP contribution >= 0.6 is 0 Å². The molecular weight excluding hydrogens is 226 g/mol. The van der Waals surface area contributed by atoms with Crippen molar-refractivity contribution in [2.24, 2.45) is 0 Å². The Labute approximate surface area is 96.0 Å². The summed E-state index contributed by atoms with van der Waals surface area (Å²) in [6.07, 6.45) is 7.88. The Balaban J connectivity index is 3.07. The number of amides is 1. The lowest BCUT2D eigenvalue weighted by atomic mass is 10.2. The molecule has 0 N–H and O–H groups in total. The molecule has 0 aromatic carbocycles. The number of carbonyl (C=O) groups excluding carboxylic acids is 1. The van der Waals surface area contributed by atoms with E-state index in [1.54, 1.807) is 12.2 Å². The van der Waals surface area contributed by atoms with E-state index in [1.807, 2.05) is 0 Å². The van der Waals surface area contributed by atoms with Crippen molar-refractivity contribution >= 4 is 15.9 Å². The Bertz CT molecular complexity index is 446. The summed E-state index contributed by atoms with van der Waals surface area (Å²) in [4.78, 5) is 11.5. The van der Waals surface area contributed by atoms with E-state index < -0.39 is 15.9 Å². The van der Waals surface area contributed by atoms with Crippen molar-refractivity contribution in [1.29, 1.82) is 0 Å². The maximum absolute atomic E-state index is 12.1. The summed E-state index contributed by atoms with van der Waals surface area (Å²) in [5.74, 6) is -0.500. The van der Waals surface area contributed by atoms with Crippen molar-refractivity contribution in [3.8, 4) is 0 Å². The Morgan fingerprint density at radius 2 is 2.25 bits per heavy atom. The van der Waals surface area contributed by atoms with Gasteiger partial charge in [0.15, 0.2) is 0 Å². The largest absolute Gasteiger partial charge is 0.274 e. The predicted molar refractivity (Wildman–Crippen MR) is 63.0 cm³/mol. The molecule has 5 heteroatoms. The molecule has 0 aliphatic heterocycles. The minimum atomic E-state index is -3.70. The van der Waals surface area contributed by atoms with Crippen molar-refractivity contribution in [3.05, 3.63) is 35.8 Å². The number of nitrogens with zero attached hydrogens (tertiary/aromatic N) is 1. The summed E-state index contributed by atoms with van der Waals surface area (Å²) in [5, 5.41) is 0. The second-order valence-corrected chi connectivity index (χ2v) is 5.29. The third-order valence-electron chi connectivity index (χ3n) is 2.20. The molecule has 16 heavy (non-hydrogen) atoms. The standard InChI is InChI=1S/C11H15NO3S/c1-3-9-12(10(2)13)16(14,15)11-7-5-4-6-8-11/h3,5,7-8H,1,4,6,9H2,2H3. The Kier molecular flexibility index (Phi) is 4.06. The van der Waals surface area contributed by atoms with Crippen LogP contribution in [0, 0.1) is 0 Å². The van der Waals surface area contributed by atoms with Crippen molar-refractivity contribution < 1.29 is 13.2 Å². The van der Waals surface area contributed by atoms with Gasteiger partial charge in [-0.3, -0.25) is 4.79 Å². The zero-order valence-electron chi connectivity index (χ0n) is 9.22. The van der Waals surface area contributed by atoms with Gasteiger partial charge in [-0.15, -0.1) is 6.58 Å². The molecule has 1 rings (SSSR count). The number of carbonyl (C=O) groups is 1. The summed E-state index contributed by atoms with van der Waals surface area (Å²) in [6.45, 7) is 4.68. The van der Waals surface area contributed by atoms with Gasteiger partial charge < -0.3 is 0 Å². The van der Waals surface area contributed by atoms with Crippen LogP contribution in [0.5, 0.6) is 0 Å². The zero-order valence-corrected chi connectivity index (χ0v) is 10.0. The summed E-state index contributed by atoms with van der Waals surface area (Å²) in [6, 6.07) is 0. The molecule has 0 saturated carbocycles. The number of rotatable bonds is 4. The van der Waals surface area contributed by atoms with Crippen molar-refractivity contribution in [1.82, 2.24) is 4.31 Å². The van der Waals surface area contributed by atoms with Gasteiger partial charge in [0.2, 0.25) is 5.91 Å². The molecule has 1 aliphatic rings. The van der Waals surface area contributed by atoms with Crippen LogP contribution in [0.1, 0.15) is 19.8 Å². The first-order valence-electron chi connectivity index (χ1n) is 5.01. The molecule has 0 aromatic rings.